The molecular formula is C19H18N4O4S. The molecule has 0 bridgehead atoms. The number of aromatic amines is 1. The van der Waals surface area contributed by atoms with Crippen LogP contribution in [-0.4, -0.2) is 34.2 Å². The van der Waals surface area contributed by atoms with Crippen LogP contribution in [0, 0.1) is 4.77 Å². The molecule has 0 aliphatic rings. The van der Waals surface area contributed by atoms with Crippen molar-refractivity contribution in [2.24, 2.45) is 5.10 Å². The average molecular weight is 398 g/mol. The molecule has 8 nitrogen and oxygen atoms in total. The minimum Gasteiger partial charge on any atom is -0.493 e. The molecule has 1 heterocycles. The minimum atomic E-state index is -0.424. The fraction of sp³-hybridized carbons (Fsp3) is 0.158. The number of esters is 1. The number of ether oxygens (including phenoxy) is 3. The van der Waals surface area contributed by atoms with Gasteiger partial charge in [0.2, 0.25) is 4.77 Å². The Labute approximate surface area is 166 Å². The highest BCUT2D eigenvalue weighted by atomic mass is 32.1. The number of aromatic nitrogens is 3. The molecule has 0 radical (unpaired) electrons. The summed E-state index contributed by atoms with van der Waals surface area (Å²) in [6, 6.07) is 14.5. The molecule has 0 saturated carbocycles. The zero-order chi connectivity index (χ0) is 19.9. The number of hydrogen-bond acceptors (Lipinski definition) is 7. The third kappa shape index (κ3) is 4.83. The zero-order valence-corrected chi connectivity index (χ0v) is 16.1. The van der Waals surface area contributed by atoms with E-state index in [0.29, 0.717) is 22.1 Å². The van der Waals surface area contributed by atoms with Crippen LogP contribution in [0.1, 0.15) is 18.3 Å². The van der Waals surface area contributed by atoms with Crippen LogP contribution in [0.2, 0.25) is 0 Å². The fourth-order valence-electron chi connectivity index (χ4n) is 2.33. The molecule has 1 N–H and O–H groups in total. The largest absolute Gasteiger partial charge is 0.493 e. The molecule has 1 aromatic heterocycles. The molecule has 0 spiro atoms. The molecule has 144 valence electrons. The van der Waals surface area contributed by atoms with Gasteiger partial charge in [0.25, 0.3) is 0 Å². The maximum Gasteiger partial charge on any atom is 0.308 e. The Kier molecular flexibility index (Phi) is 6.18. The van der Waals surface area contributed by atoms with Gasteiger partial charge in [-0.15, -0.1) is 0 Å². The van der Waals surface area contributed by atoms with Gasteiger partial charge in [0.15, 0.2) is 17.3 Å². The van der Waals surface area contributed by atoms with Crippen molar-refractivity contribution in [3.8, 4) is 17.2 Å². The van der Waals surface area contributed by atoms with Crippen LogP contribution in [0.15, 0.2) is 53.6 Å². The lowest BCUT2D eigenvalue weighted by Crippen LogP contribution is -2.05. The van der Waals surface area contributed by atoms with Crippen molar-refractivity contribution in [3.63, 3.8) is 0 Å². The van der Waals surface area contributed by atoms with Crippen molar-refractivity contribution in [3.05, 3.63) is 64.7 Å². The number of carbonyl (C=O) groups is 1. The van der Waals surface area contributed by atoms with E-state index in [0.717, 1.165) is 11.3 Å². The number of nitrogens with one attached hydrogen (secondary N) is 1. The zero-order valence-electron chi connectivity index (χ0n) is 15.3. The van der Waals surface area contributed by atoms with E-state index in [-0.39, 0.29) is 6.61 Å². The van der Waals surface area contributed by atoms with Crippen LogP contribution < -0.4 is 14.2 Å². The third-order valence-electron chi connectivity index (χ3n) is 3.59. The van der Waals surface area contributed by atoms with Gasteiger partial charge in [0.1, 0.15) is 12.4 Å². The maximum absolute atomic E-state index is 11.1. The van der Waals surface area contributed by atoms with E-state index < -0.39 is 5.97 Å². The number of rotatable bonds is 7. The molecule has 0 aliphatic heterocycles. The highest BCUT2D eigenvalue weighted by Gasteiger charge is 2.09. The molecule has 3 rings (SSSR count). The van der Waals surface area contributed by atoms with E-state index in [1.165, 1.54) is 18.7 Å². The molecule has 2 aromatic carbocycles. The Balaban J connectivity index is 1.78. The molecule has 0 fully saturated rings. The summed E-state index contributed by atoms with van der Waals surface area (Å²) >= 11 is 5.23. The summed E-state index contributed by atoms with van der Waals surface area (Å²) in [6.07, 6.45) is 1.59. The van der Waals surface area contributed by atoms with Crippen molar-refractivity contribution < 1.29 is 19.0 Å². The number of methoxy groups -OCH3 is 1. The van der Waals surface area contributed by atoms with Crippen LogP contribution in [0.25, 0.3) is 0 Å². The van der Waals surface area contributed by atoms with Crippen LogP contribution in [0.4, 0.5) is 0 Å². The van der Waals surface area contributed by atoms with Gasteiger partial charge in [-0.05, 0) is 48.1 Å². The van der Waals surface area contributed by atoms with E-state index in [9.17, 15) is 4.79 Å². The maximum atomic E-state index is 11.1. The van der Waals surface area contributed by atoms with E-state index in [2.05, 4.69) is 15.3 Å². The topological polar surface area (TPSA) is 90.7 Å². The first-order valence-electron chi connectivity index (χ1n) is 8.32. The molecule has 0 aliphatic carbocycles. The van der Waals surface area contributed by atoms with E-state index >= 15 is 0 Å². The number of hydrogen-bond donors (Lipinski definition) is 1. The monoisotopic (exact) mass is 398 g/mol. The number of carbonyl (C=O) groups excluding carboxylic acids is 1. The molecule has 0 saturated heterocycles. The molecule has 0 amide bonds. The molecule has 9 heteroatoms. The predicted octanol–water partition coefficient (Wildman–Crippen LogP) is 3.34. The molecule has 3 aromatic rings. The van der Waals surface area contributed by atoms with Crippen LogP contribution in [-0.2, 0) is 11.4 Å². The van der Waals surface area contributed by atoms with Crippen molar-refractivity contribution in [2.45, 2.75) is 13.5 Å². The Morgan fingerprint density at radius 3 is 2.75 bits per heavy atom. The van der Waals surface area contributed by atoms with Crippen molar-refractivity contribution in [1.29, 1.82) is 0 Å². The van der Waals surface area contributed by atoms with Crippen LogP contribution >= 0.6 is 12.2 Å². The number of para-hydroxylation sites is 1. The lowest BCUT2D eigenvalue weighted by Gasteiger charge is -2.08. The third-order valence-corrected chi connectivity index (χ3v) is 3.86. The van der Waals surface area contributed by atoms with Gasteiger partial charge in [-0.2, -0.15) is 14.9 Å². The average Bonchev–Trinajstić information content (AvgIpc) is 3.05. The van der Waals surface area contributed by atoms with Gasteiger partial charge in [-0.25, -0.2) is 5.10 Å². The molecule has 28 heavy (non-hydrogen) atoms. The van der Waals surface area contributed by atoms with Crippen molar-refractivity contribution >= 4 is 24.4 Å². The second kappa shape index (κ2) is 8.96. The van der Waals surface area contributed by atoms with Gasteiger partial charge < -0.3 is 14.2 Å². The fourth-order valence-corrected chi connectivity index (χ4v) is 2.53. The normalized spacial score (nSPS) is 10.8. The van der Waals surface area contributed by atoms with Crippen molar-refractivity contribution in [1.82, 2.24) is 14.9 Å². The molecular weight excluding hydrogens is 380 g/mol. The highest BCUT2D eigenvalue weighted by molar-refractivity contribution is 7.71. The Bertz CT molecular complexity index is 1040. The van der Waals surface area contributed by atoms with Crippen LogP contribution in [0.5, 0.6) is 17.2 Å². The van der Waals surface area contributed by atoms with E-state index in [1.807, 2.05) is 30.3 Å². The van der Waals surface area contributed by atoms with Crippen molar-refractivity contribution in [2.75, 3.05) is 7.11 Å². The quantitative estimate of drug-likeness (QED) is 0.284. The summed E-state index contributed by atoms with van der Waals surface area (Å²) < 4.78 is 17.9. The summed E-state index contributed by atoms with van der Waals surface area (Å²) in [4.78, 5) is 11.1. The van der Waals surface area contributed by atoms with Gasteiger partial charge in [0.05, 0.1) is 13.3 Å². The lowest BCUT2D eigenvalue weighted by molar-refractivity contribution is -0.132. The Morgan fingerprint density at radius 2 is 2.04 bits per heavy atom. The van der Waals surface area contributed by atoms with E-state index in [4.69, 9.17) is 26.4 Å². The van der Waals surface area contributed by atoms with Crippen LogP contribution in [0.3, 0.4) is 0 Å². The SMILES string of the molecule is COc1cc(/C=N\n2c(COc3ccccc3)n[nH]c2=S)ccc1OC(C)=O. The summed E-state index contributed by atoms with van der Waals surface area (Å²) in [5, 5.41) is 11.2. The number of nitrogens with zero attached hydrogens (tertiary/aromatic N) is 3. The summed E-state index contributed by atoms with van der Waals surface area (Å²) in [6.45, 7) is 1.53. The smallest absolute Gasteiger partial charge is 0.308 e. The lowest BCUT2D eigenvalue weighted by atomic mass is 10.2. The predicted molar refractivity (Wildman–Crippen MR) is 105 cm³/mol. The van der Waals surface area contributed by atoms with Gasteiger partial charge in [-0.3, -0.25) is 4.79 Å². The standard InChI is InChI=1S/C19H18N4O4S/c1-13(24)27-16-9-8-14(10-17(16)25-2)11-20-23-18(21-22-19(23)28)12-26-15-6-4-3-5-7-15/h3-11H,12H2,1-2H3,(H,22,28)/b20-11-. The van der Waals surface area contributed by atoms with Gasteiger partial charge in [0, 0.05) is 6.92 Å². The van der Waals surface area contributed by atoms with Gasteiger partial charge >= 0.3 is 5.97 Å². The second-order valence-electron chi connectivity index (χ2n) is 5.61. The summed E-state index contributed by atoms with van der Waals surface area (Å²) in [7, 11) is 1.49. The minimum absolute atomic E-state index is 0.198. The first kappa shape index (κ1) is 19.3. The van der Waals surface area contributed by atoms with Gasteiger partial charge in [-0.1, -0.05) is 18.2 Å². The Morgan fingerprint density at radius 1 is 1.25 bits per heavy atom. The number of benzene rings is 2. The summed E-state index contributed by atoms with van der Waals surface area (Å²) in [5.41, 5.74) is 0.728. The molecule has 0 unspecified atom stereocenters. The summed E-state index contributed by atoms with van der Waals surface area (Å²) in [5.74, 6) is 1.57. The second-order valence-corrected chi connectivity index (χ2v) is 5.99. The highest BCUT2D eigenvalue weighted by Crippen LogP contribution is 2.27. The Hall–Kier alpha value is -3.46. The number of H-pyrrole nitrogens is 1. The first-order chi connectivity index (χ1) is 13.6. The van der Waals surface area contributed by atoms with E-state index in [1.54, 1.807) is 24.4 Å². The molecule has 0 atom stereocenters. The first-order valence-corrected chi connectivity index (χ1v) is 8.72.